The second-order valence-corrected chi connectivity index (χ2v) is 38.8. The Morgan fingerprint density at radius 3 is 0.773 bits per heavy atom. The fourth-order valence-corrected chi connectivity index (χ4v) is 14.6. The summed E-state index contributed by atoms with van der Waals surface area (Å²) in [5, 5.41) is 0. The van der Waals surface area contributed by atoms with Crippen LogP contribution < -0.4 is 9.05 Å². The van der Waals surface area contributed by atoms with Gasteiger partial charge >= 0.3 is 45.6 Å². The van der Waals surface area contributed by atoms with E-state index >= 15 is 0 Å². The molecule has 0 unspecified atom stereocenters. The van der Waals surface area contributed by atoms with Crippen LogP contribution in [0, 0.1) is 11.8 Å². The van der Waals surface area contributed by atoms with E-state index in [2.05, 4.69) is 9.05 Å². The van der Waals surface area contributed by atoms with Crippen LogP contribution in [-0.2, 0) is 85.8 Å². The first-order chi connectivity index (χ1) is 40.9. The predicted octanol–water partition coefficient (Wildman–Crippen LogP) is 21.7. The van der Waals surface area contributed by atoms with Gasteiger partial charge in [0.25, 0.3) is 0 Å². The van der Waals surface area contributed by atoms with Crippen molar-refractivity contribution in [3.8, 4) is 11.5 Å². The third kappa shape index (κ3) is 37.2. The average Bonchev–Trinajstić information content (AvgIpc) is 3.52. The molecule has 4 rings (SSSR count). The van der Waals surface area contributed by atoms with Crippen molar-refractivity contribution < 1.29 is 81.7 Å². The number of hydrogen-bond acceptors (Lipinski definition) is 18. The molecular formula is C64H114O18P6. The minimum absolute atomic E-state index is 0.0533. The summed E-state index contributed by atoms with van der Waals surface area (Å²) in [6.45, 7) is 43.8. The molecule has 0 heterocycles. The van der Waals surface area contributed by atoms with Gasteiger partial charge in [0.15, 0.2) is 0 Å². The Labute approximate surface area is 532 Å². The highest BCUT2D eigenvalue weighted by molar-refractivity contribution is 7.56. The molecule has 0 aliphatic carbocycles. The Hall–Kier alpha value is -2.54. The Morgan fingerprint density at radius 1 is 0.307 bits per heavy atom. The van der Waals surface area contributed by atoms with E-state index in [4.69, 9.17) is 45.2 Å². The lowest BCUT2D eigenvalue weighted by Crippen LogP contribution is -2.13. The Balaban J connectivity index is 0. The molecule has 508 valence electrons. The summed E-state index contributed by atoms with van der Waals surface area (Å²) in [5.74, 6) is 1.85. The van der Waals surface area contributed by atoms with Gasteiger partial charge in [-0.15, -0.1) is 0 Å². The van der Waals surface area contributed by atoms with Crippen LogP contribution in [0.2, 0.25) is 0 Å². The summed E-state index contributed by atoms with van der Waals surface area (Å²) < 4.78 is 136. The van der Waals surface area contributed by atoms with Crippen molar-refractivity contribution in [2.24, 2.45) is 11.8 Å². The quantitative estimate of drug-likeness (QED) is 0.0416. The fraction of sp³-hybridized carbons (Fsp3) is 0.625. The molecule has 0 saturated carbocycles. The van der Waals surface area contributed by atoms with Crippen LogP contribution in [0.15, 0.2) is 121 Å². The molecule has 0 radical (unpaired) electrons. The molecular weight excluding hydrogens is 1240 g/mol. The van der Waals surface area contributed by atoms with Gasteiger partial charge in [0, 0.05) is 14.2 Å². The molecule has 18 nitrogen and oxygen atoms in total. The lowest BCUT2D eigenvalue weighted by Gasteiger charge is -2.25. The highest BCUT2D eigenvalue weighted by atomic mass is 31.2. The molecule has 4 aromatic carbocycles. The summed E-state index contributed by atoms with van der Waals surface area (Å²) in [4.78, 5) is 0. The van der Waals surface area contributed by atoms with Crippen LogP contribution in [0.25, 0.3) is 0 Å². The van der Waals surface area contributed by atoms with Gasteiger partial charge in [-0.1, -0.05) is 194 Å². The monoisotopic (exact) mass is 1360 g/mol. The van der Waals surface area contributed by atoms with E-state index in [1.807, 2.05) is 236 Å². The zero-order valence-electron chi connectivity index (χ0n) is 57.6. The second kappa shape index (κ2) is 45.7. The van der Waals surface area contributed by atoms with E-state index in [1.54, 1.807) is 38.1 Å². The molecule has 0 bridgehead atoms. The summed E-state index contributed by atoms with van der Waals surface area (Å²) >= 11 is 0. The van der Waals surface area contributed by atoms with Gasteiger partial charge in [-0.3, -0.25) is 22.8 Å². The van der Waals surface area contributed by atoms with E-state index in [-0.39, 0.29) is 46.2 Å². The van der Waals surface area contributed by atoms with Crippen LogP contribution in [0.4, 0.5) is 0 Å². The molecule has 0 aliphatic rings. The molecule has 0 saturated heterocycles. The van der Waals surface area contributed by atoms with E-state index in [0.29, 0.717) is 63.0 Å². The molecule has 0 aliphatic heterocycles. The summed E-state index contributed by atoms with van der Waals surface area (Å²) in [7, 11) is -14.9. The normalized spacial score (nSPS) is 12.3. The van der Waals surface area contributed by atoms with Gasteiger partial charge in [-0.25, -0.2) is 4.57 Å². The van der Waals surface area contributed by atoms with E-state index in [1.165, 1.54) is 14.2 Å². The first-order valence-corrected chi connectivity index (χ1v) is 40.1. The third-order valence-corrected chi connectivity index (χ3v) is 25.5. The van der Waals surface area contributed by atoms with Gasteiger partial charge in [0.2, 0.25) is 0 Å². The molecule has 88 heavy (non-hydrogen) atoms. The van der Waals surface area contributed by atoms with E-state index in [9.17, 15) is 27.4 Å². The van der Waals surface area contributed by atoms with Gasteiger partial charge in [0.1, 0.15) is 11.5 Å². The van der Waals surface area contributed by atoms with Crippen molar-refractivity contribution in [2.45, 2.75) is 212 Å². The van der Waals surface area contributed by atoms with E-state index < -0.39 is 45.6 Å². The van der Waals surface area contributed by atoms with Crippen LogP contribution in [0.3, 0.4) is 0 Å². The first-order valence-electron chi connectivity index (χ1n) is 30.4. The zero-order chi connectivity index (χ0) is 68.0. The molecule has 0 aromatic heterocycles. The molecule has 0 atom stereocenters. The van der Waals surface area contributed by atoms with Gasteiger partial charge in [0.05, 0.1) is 85.8 Å². The SMILES string of the molecule is CC(C)COP(=O)(OCC(C)C)C(C)C.CC(C)OP(=O)(OC(C)C)C(C)C.CC(C)P(=O)(OCc1ccccc1)OCc1ccccc1.CC(C)P(=O)(Oc1ccccc1)Oc1ccccc1.CCOP(=O)(OCC)C(C)C.COP(=O)(OC)C(C)C. The van der Waals surface area contributed by atoms with Gasteiger partial charge in [-0.05, 0) is 103 Å². The largest absolute Gasteiger partial charge is 0.433 e. The van der Waals surface area contributed by atoms with Crippen LogP contribution in [0.5, 0.6) is 11.5 Å². The number of hydrogen-bond donors (Lipinski definition) is 0. The first kappa shape index (κ1) is 87.5. The van der Waals surface area contributed by atoms with Crippen molar-refractivity contribution in [3.63, 3.8) is 0 Å². The van der Waals surface area contributed by atoms with Gasteiger partial charge in [-0.2, -0.15) is 0 Å². The molecule has 0 N–H and O–H groups in total. The molecule has 24 heteroatoms. The standard InChI is InChI=1S/C17H21O3P.C15H17O3P.C11H25O3P.C9H21O3P.C7H17O3P.C5H13O3P/c1-15(2)21(18,19-13-16-9-5-3-6-10-16)20-14-17-11-7-4-8-12-17;1-13(2)19(16,17-14-9-5-3-6-10-14)18-15-11-7-4-8-12-15;1-9(2)7-13-15(12,11(5)6)14-8-10(3)4;1-7(2)11-13(10,9(5)6)12-8(3)4;1-5-9-11(8,7(3)4)10-6-2;1-5(2)9(6,7-3)8-4/h3-12,15H,13-14H2,1-2H3;3-13H,1-2H3;9-11H,7-8H2,1-6H3;7-9H,1-6H3;7H,5-6H2,1-4H3;5H,1-4H3. The number of benzene rings is 4. The lowest BCUT2D eigenvalue weighted by atomic mass is 10.2. The number of para-hydroxylation sites is 2. The van der Waals surface area contributed by atoms with Crippen molar-refractivity contribution in [1.29, 1.82) is 0 Å². The number of rotatable bonds is 32. The molecule has 4 aromatic rings. The minimum atomic E-state index is -3.24. The Bertz CT molecular complexity index is 2530. The third-order valence-electron chi connectivity index (χ3n) is 11.3. The summed E-state index contributed by atoms with van der Waals surface area (Å²) in [5.41, 5.74) is 1.29. The van der Waals surface area contributed by atoms with Crippen LogP contribution in [-0.4, -0.2) is 86.8 Å². The van der Waals surface area contributed by atoms with Gasteiger partial charge < -0.3 is 54.3 Å². The van der Waals surface area contributed by atoms with Crippen LogP contribution >= 0.6 is 45.6 Å². The maximum absolute atomic E-state index is 12.8. The van der Waals surface area contributed by atoms with Crippen molar-refractivity contribution >= 4 is 45.6 Å². The fourth-order valence-electron chi connectivity index (χ4n) is 6.19. The molecule has 0 spiro atoms. The van der Waals surface area contributed by atoms with Crippen molar-refractivity contribution in [2.75, 3.05) is 40.6 Å². The van der Waals surface area contributed by atoms with Crippen molar-refractivity contribution in [3.05, 3.63) is 132 Å². The second-order valence-electron chi connectivity index (χ2n) is 23.0. The maximum Gasteiger partial charge on any atom is 0.433 e. The predicted molar refractivity (Wildman–Crippen MR) is 364 cm³/mol. The highest BCUT2D eigenvalue weighted by Gasteiger charge is 2.35. The topological polar surface area (TPSA) is 213 Å². The van der Waals surface area contributed by atoms with E-state index in [0.717, 1.165) is 11.1 Å². The zero-order valence-corrected chi connectivity index (χ0v) is 63.0. The Kier molecular flexibility index (Phi) is 45.5. The summed E-state index contributed by atoms with van der Waals surface area (Å²) in [6.07, 6.45) is -0.126. The Morgan fingerprint density at radius 2 is 0.557 bits per heavy atom. The van der Waals surface area contributed by atoms with Crippen molar-refractivity contribution in [1.82, 2.24) is 0 Å². The molecule has 0 fully saturated rings. The highest BCUT2D eigenvalue weighted by Crippen LogP contribution is 2.57. The average molecular weight is 1360 g/mol. The lowest BCUT2D eigenvalue weighted by molar-refractivity contribution is 0.138. The molecule has 0 amide bonds. The summed E-state index contributed by atoms with van der Waals surface area (Å²) in [6, 6.07) is 37.6. The smallest absolute Gasteiger partial charge is 0.416 e. The maximum atomic E-state index is 12.8. The minimum Gasteiger partial charge on any atom is -0.416 e. The van der Waals surface area contributed by atoms with Crippen LogP contribution in [0.1, 0.15) is 163 Å².